The number of thiophene rings is 1. The van der Waals surface area contributed by atoms with Gasteiger partial charge in [-0.15, -0.1) is 0 Å². The van der Waals surface area contributed by atoms with Crippen molar-refractivity contribution in [1.82, 2.24) is 24.5 Å². The van der Waals surface area contributed by atoms with Crippen molar-refractivity contribution >= 4 is 23.0 Å². The summed E-state index contributed by atoms with van der Waals surface area (Å²) >= 11 is 1.29. The molecular formula is C17H17F2N5O2S. The number of carbonyl (C=O) groups is 1. The molecule has 0 bridgehead atoms. The van der Waals surface area contributed by atoms with E-state index in [0.717, 1.165) is 17.4 Å². The van der Waals surface area contributed by atoms with Crippen LogP contribution >= 0.6 is 11.3 Å². The molecular weight excluding hydrogens is 376 g/mol. The average molecular weight is 393 g/mol. The van der Waals surface area contributed by atoms with Gasteiger partial charge in [-0.2, -0.15) is 14.6 Å². The third-order valence-electron chi connectivity index (χ3n) is 4.64. The maximum absolute atomic E-state index is 13.4. The Kier molecular flexibility index (Phi) is 4.73. The van der Waals surface area contributed by atoms with Crippen molar-refractivity contribution in [1.29, 1.82) is 0 Å². The Labute approximate surface area is 157 Å². The normalized spacial score (nSPS) is 17.6. The van der Waals surface area contributed by atoms with E-state index in [4.69, 9.17) is 4.74 Å². The van der Waals surface area contributed by atoms with Gasteiger partial charge < -0.3 is 9.64 Å². The van der Waals surface area contributed by atoms with Crippen LogP contribution in [0.5, 0.6) is 5.06 Å². The number of piperidine rings is 1. The van der Waals surface area contributed by atoms with Crippen LogP contribution in [0.25, 0.3) is 5.78 Å². The van der Waals surface area contributed by atoms with Crippen molar-refractivity contribution in [2.24, 2.45) is 0 Å². The first kappa shape index (κ1) is 17.8. The molecule has 3 aromatic heterocycles. The second-order valence-electron chi connectivity index (χ2n) is 6.29. The molecule has 4 rings (SSSR count). The van der Waals surface area contributed by atoms with Gasteiger partial charge in [0, 0.05) is 19.0 Å². The molecule has 0 aromatic carbocycles. The summed E-state index contributed by atoms with van der Waals surface area (Å²) < 4.78 is 33.0. The van der Waals surface area contributed by atoms with Gasteiger partial charge in [0.1, 0.15) is 12.0 Å². The minimum atomic E-state index is -2.68. The number of nitrogens with zero attached hydrogens (tertiary/aromatic N) is 5. The van der Waals surface area contributed by atoms with Gasteiger partial charge in [0.25, 0.3) is 18.1 Å². The van der Waals surface area contributed by atoms with E-state index < -0.39 is 6.43 Å². The first-order valence-electron chi connectivity index (χ1n) is 8.48. The van der Waals surface area contributed by atoms with Gasteiger partial charge >= 0.3 is 0 Å². The van der Waals surface area contributed by atoms with E-state index in [1.165, 1.54) is 23.7 Å². The van der Waals surface area contributed by atoms with Gasteiger partial charge in [-0.1, -0.05) is 11.3 Å². The van der Waals surface area contributed by atoms with Crippen LogP contribution in [-0.2, 0) is 0 Å². The Morgan fingerprint density at radius 2 is 2.26 bits per heavy atom. The SMILES string of the molecule is COc1ccc(C(=O)N2CCCC(c3cc(C(F)F)n4ncnc4n3)C2)s1. The number of hydrogen-bond donors (Lipinski definition) is 0. The van der Waals surface area contributed by atoms with Crippen LogP contribution < -0.4 is 4.74 Å². The maximum Gasteiger partial charge on any atom is 0.280 e. The van der Waals surface area contributed by atoms with Crippen LogP contribution in [0.15, 0.2) is 24.5 Å². The van der Waals surface area contributed by atoms with Gasteiger partial charge in [0.15, 0.2) is 5.06 Å². The second-order valence-corrected chi connectivity index (χ2v) is 7.34. The molecule has 10 heteroatoms. The number of alkyl halides is 2. The molecule has 27 heavy (non-hydrogen) atoms. The predicted molar refractivity (Wildman–Crippen MR) is 94.5 cm³/mol. The lowest BCUT2D eigenvalue weighted by Gasteiger charge is -2.32. The van der Waals surface area contributed by atoms with E-state index in [-0.39, 0.29) is 23.3 Å². The molecule has 1 atom stereocenters. The zero-order valence-corrected chi connectivity index (χ0v) is 15.3. The molecule has 3 aromatic rings. The zero-order chi connectivity index (χ0) is 19.0. The van der Waals surface area contributed by atoms with Gasteiger partial charge in [-0.3, -0.25) is 4.79 Å². The molecule has 1 saturated heterocycles. The highest BCUT2D eigenvalue weighted by Gasteiger charge is 2.29. The molecule has 0 N–H and O–H groups in total. The minimum Gasteiger partial charge on any atom is -0.487 e. The fourth-order valence-electron chi connectivity index (χ4n) is 3.32. The molecule has 4 heterocycles. The lowest BCUT2D eigenvalue weighted by Crippen LogP contribution is -2.39. The van der Waals surface area contributed by atoms with Crippen molar-refractivity contribution < 1.29 is 18.3 Å². The summed E-state index contributed by atoms with van der Waals surface area (Å²) in [6.45, 7) is 1.06. The monoisotopic (exact) mass is 393 g/mol. The smallest absolute Gasteiger partial charge is 0.280 e. The Bertz CT molecular complexity index is 973. The van der Waals surface area contributed by atoms with Crippen molar-refractivity contribution in [2.45, 2.75) is 25.2 Å². The van der Waals surface area contributed by atoms with E-state index >= 15 is 0 Å². The van der Waals surface area contributed by atoms with E-state index in [1.807, 2.05) is 0 Å². The molecule has 7 nitrogen and oxygen atoms in total. The third-order valence-corrected chi connectivity index (χ3v) is 5.68. The largest absolute Gasteiger partial charge is 0.487 e. The summed E-state index contributed by atoms with van der Waals surface area (Å²) in [4.78, 5) is 23.4. The van der Waals surface area contributed by atoms with Crippen LogP contribution in [0.3, 0.4) is 0 Å². The number of carbonyl (C=O) groups excluding carboxylic acids is 1. The van der Waals surface area contributed by atoms with Crippen LogP contribution in [-0.4, -0.2) is 50.6 Å². The van der Waals surface area contributed by atoms with Crippen molar-refractivity contribution in [2.75, 3.05) is 20.2 Å². The highest BCUT2D eigenvalue weighted by Crippen LogP contribution is 2.31. The number of hydrogen-bond acceptors (Lipinski definition) is 6. The Morgan fingerprint density at radius 3 is 3.00 bits per heavy atom. The van der Waals surface area contributed by atoms with Gasteiger partial charge in [0.2, 0.25) is 0 Å². The number of rotatable bonds is 4. The molecule has 1 fully saturated rings. The highest BCUT2D eigenvalue weighted by atomic mass is 32.1. The van der Waals surface area contributed by atoms with Gasteiger partial charge in [-0.25, -0.2) is 13.8 Å². The van der Waals surface area contributed by atoms with Crippen LogP contribution in [0, 0.1) is 0 Å². The molecule has 0 radical (unpaired) electrons. The van der Waals surface area contributed by atoms with Crippen LogP contribution in [0.1, 0.15) is 46.2 Å². The molecule has 0 saturated carbocycles. The van der Waals surface area contributed by atoms with E-state index in [1.54, 1.807) is 24.1 Å². The van der Waals surface area contributed by atoms with Crippen LogP contribution in [0.4, 0.5) is 8.78 Å². The van der Waals surface area contributed by atoms with Crippen molar-refractivity contribution in [3.63, 3.8) is 0 Å². The van der Waals surface area contributed by atoms with Crippen molar-refractivity contribution in [3.8, 4) is 5.06 Å². The Morgan fingerprint density at radius 1 is 1.41 bits per heavy atom. The number of amides is 1. The maximum atomic E-state index is 13.4. The molecule has 0 aliphatic carbocycles. The fraction of sp³-hybridized carbons (Fsp3) is 0.412. The molecule has 142 valence electrons. The first-order valence-corrected chi connectivity index (χ1v) is 9.30. The second kappa shape index (κ2) is 7.18. The summed E-state index contributed by atoms with van der Waals surface area (Å²) in [5, 5.41) is 4.48. The number of ether oxygens (including phenoxy) is 1. The topological polar surface area (TPSA) is 72.6 Å². The summed E-state index contributed by atoms with van der Waals surface area (Å²) in [7, 11) is 1.56. The quantitative estimate of drug-likeness (QED) is 0.681. The first-order chi connectivity index (χ1) is 13.1. The minimum absolute atomic E-state index is 0.0781. The summed E-state index contributed by atoms with van der Waals surface area (Å²) in [6.07, 6.45) is 0.0784. The van der Waals surface area contributed by atoms with E-state index in [9.17, 15) is 13.6 Å². The Balaban J connectivity index is 1.59. The average Bonchev–Trinajstić information content (AvgIpc) is 3.35. The summed E-state index contributed by atoms with van der Waals surface area (Å²) in [6, 6.07) is 4.87. The van der Waals surface area contributed by atoms with E-state index in [2.05, 4.69) is 15.1 Å². The fourth-order valence-corrected chi connectivity index (χ4v) is 4.11. The summed E-state index contributed by atoms with van der Waals surface area (Å²) in [5.41, 5.74) is 0.283. The van der Waals surface area contributed by atoms with E-state index in [0.29, 0.717) is 28.7 Å². The molecule has 0 spiro atoms. The Hall–Kier alpha value is -2.62. The highest BCUT2D eigenvalue weighted by molar-refractivity contribution is 7.15. The molecule has 1 amide bonds. The van der Waals surface area contributed by atoms with Gasteiger partial charge in [0.05, 0.1) is 17.7 Å². The number of aromatic nitrogens is 4. The number of likely N-dealkylation sites (tertiary alicyclic amines) is 1. The molecule has 1 aliphatic heterocycles. The van der Waals surface area contributed by atoms with Crippen LogP contribution in [0.2, 0.25) is 0 Å². The zero-order valence-electron chi connectivity index (χ0n) is 14.5. The number of methoxy groups -OCH3 is 1. The molecule has 1 aliphatic rings. The predicted octanol–water partition coefficient (Wildman–Crippen LogP) is 3.15. The molecule has 1 unspecified atom stereocenters. The third kappa shape index (κ3) is 3.36. The lowest BCUT2D eigenvalue weighted by molar-refractivity contribution is 0.0710. The number of halogens is 2. The standard InChI is InChI=1S/C17H17F2N5O2S/c1-26-14-5-4-13(27-14)16(25)23-6-2-3-10(8-23)11-7-12(15(18)19)24-17(22-11)20-9-21-24/h4-5,7,9-10,15H,2-3,6,8H2,1H3. The van der Waals surface area contributed by atoms with Crippen molar-refractivity contribution in [3.05, 3.63) is 40.8 Å². The summed E-state index contributed by atoms with van der Waals surface area (Å²) in [5.74, 6) is -0.0522. The lowest BCUT2D eigenvalue weighted by atomic mass is 9.94. The number of fused-ring (bicyclic) bond motifs is 1. The van der Waals surface area contributed by atoms with Gasteiger partial charge in [-0.05, 0) is 31.0 Å².